The molecule has 0 N–H and O–H groups in total. The van der Waals surface area contributed by atoms with E-state index < -0.39 is 0 Å². The Morgan fingerprint density at radius 3 is 2.10 bits per heavy atom. The van der Waals surface area contributed by atoms with Crippen molar-refractivity contribution >= 4 is 15.9 Å². The lowest BCUT2D eigenvalue weighted by molar-refractivity contribution is 0.264. The van der Waals surface area contributed by atoms with Crippen molar-refractivity contribution in [3.05, 3.63) is 11.6 Å². The lowest BCUT2D eigenvalue weighted by Gasteiger charge is -2.28. The molecule has 0 nitrogen and oxygen atoms in total. The number of alkyl halides is 1. The molecule has 0 saturated carbocycles. The zero-order valence-corrected chi connectivity index (χ0v) is 16.1. The maximum Gasteiger partial charge on any atom is 0.00313 e. The van der Waals surface area contributed by atoms with E-state index in [0.717, 1.165) is 17.2 Å². The van der Waals surface area contributed by atoms with Crippen LogP contribution in [-0.2, 0) is 0 Å². The maximum atomic E-state index is 3.52. The number of rotatable bonds is 6. The summed E-state index contributed by atoms with van der Waals surface area (Å²) in [7, 11) is 0. The quantitative estimate of drug-likeness (QED) is 0.277. The third-order valence-corrected chi connectivity index (χ3v) is 5.33. The molecule has 0 fully saturated rings. The monoisotopic (exact) mass is 342 g/mol. The van der Waals surface area contributed by atoms with Gasteiger partial charge >= 0.3 is 0 Å². The Hall–Kier alpha value is 0.220. The fraction of sp³-hybridized carbons (Fsp3) is 0.895. The van der Waals surface area contributed by atoms with Crippen LogP contribution in [0.25, 0.3) is 0 Å². The van der Waals surface area contributed by atoms with E-state index in [1.165, 1.54) is 38.5 Å². The Bertz CT molecular complexity index is 314. The van der Waals surface area contributed by atoms with Crippen LogP contribution in [0.5, 0.6) is 0 Å². The van der Waals surface area contributed by atoms with E-state index >= 15 is 0 Å². The van der Waals surface area contributed by atoms with Crippen LogP contribution in [0.3, 0.4) is 0 Å². The first kappa shape index (κ1) is 18.3. The molecule has 0 unspecified atom stereocenters. The molecule has 0 saturated heterocycles. The van der Waals surface area contributed by atoms with Crippen molar-refractivity contribution in [3.63, 3.8) is 0 Å². The molecular weight excluding hydrogens is 308 g/mol. The summed E-state index contributed by atoms with van der Waals surface area (Å²) >= 11 is 3.52. The molecule has 0 spiro atoms. The molecule has 0 aromatic carbocycles. The van der Waals surface area contributed by atoms with Crippen molar-refractivity contribution in [2.45, 2.75) is 80.1 Å². The van der Waals surface area contributed by atoms with Gasteiger partial charge in [0.25, 0.3) is 0 Å². The molecule has 0 aliphatic heterocycles. The fourth-order valence-corrected chi connectivity index (χ4v) is 3.83. The van der Waals surface area contributed by atoms with Gasteiger partial charge in [-0.3, -0.25) is 0 Å². The third-order valence-electron chi connectivity index (χ3n) is 4.77. The normalized spacial score (nSPS) is 24.1. The topological polar surface area (TPSA) is 0 Å². The molecule has 118 valence electrons. The van der Waals surface area contributed by atoms with Gasteiger partial charge in [-0.15, -0.1) is 0 Å². The summed E-state index contributed by atoms with van der Waals surface area (Å²) in [5.74, 6) is 1.60. The summed E-state index contributed by atoms with van der Waals surface area (Å²) in [6, 6.07) is 0. The summed E-state index contributed by atoms with van der Waals surface area (Å²) in [5.41, 5.74) is 2.50. The second-order valence-corrected chi connectivity index (χ2v) is 9.46. The Balaban J connectivity index is 2.59. The molecule has 1 rings (SSSR count). The van der Waals surface area contributed by atoms with Crippen molar-refractivity contribution in [3.8, 4) is 0 Å². The third kappa shape index (κ3) is 5.54. The molecule has 0 bridgehead atoms. The molecule has 0 aromatic rings. The summed E-state index contributed by atoms with van der Waals surface area (Å²) in [6.07, 6.45) is 10.9. The Kier molecular flexibility index (Phi) is 6.83. The zero-order chi connectivity index (χ0) is 15.4. The Labute approximate surface area is 135 Å². The highest BCUT2D eigenvalue weighted by atomic mass is 79.9. The Morgan fingerprint density at radius 1 is 1.00 bits per heavy atom. The molecule has 2 atom stereocenters. The molecular formula is C19H35Br. The highest BCUT2D eigenvalue weighted by Gasteiger charge is 2.36. The van der Waals surface area contributed by atoms with Gasteiger partial charge in [-0.2, -0.15) is 0 Å². The van der Waals surface area contributed by atoms with E-state index in [1.54, 1.807) is 5.57 Å². The van der Waals surface area contributed by atoms with E-state index in [2.05, 4.69) is 63.5 Å². The minimum absolute atomic E-state index is 0.348. The standard InChI is InChI=1S/C19H35Br/c1-18(2,3)16-13-15(11-9-7-8-10-12-20)17(14-16)19(4,5)6/h14-16H,7-13H2,1-6H3/t15-,16+/m0/s1. The number of unbranched alkanes of at least 4 members (excludes halogenated alkanes) is 3. The van der Waals surface area contributed by atoms with Crippen LogP contribution in [0, 0.1) is 22.7 Å². The first-order valence-electron chi connectivity index (χ1n) is 8.44. The minimum atomic E-state index is 0.348. The van der Waals surface area contributed by atoms with Crippen LogP contribution < -0.4 is 0 Å². The van der Waals surface area contributed by atoms with Gasteiger partial charge < -0.3 is 0 Å². The van der Waals surface area contributed by atoms with Crippen LogP contribution in [0.15, 0.2) is 11.6 Å². The second kappa shape index (κ2) is 7.47. The van der Waals surface area contributed by atoms with E-state index in [9.17, 15) is 0 Å². The first-order valence-corrected chi connectivity index (χ1v) is 9.56. The van der Waals surface area contributed by atoms with Crippen molar-refractivity contribution in [1.29, 1.82) is 0 Å². The number of hydrogen-bond acceptors (Lipinski definition) is 0. The van der Waals surface area contributed by atoms with Gasteiger partial charge in [0.15, 0.2) is 0 Å². The number of hydrogen-bond donors (Lipinski definition) is 0. The molecule has 0 heterocycles. The van der Waals surface area contributed by atoms with Gasteiger partial charge in [-0.1, -0.05) is 88.4 Å². The predicted molar refractivity (Wildman–Crippen MR) is 95.5 cm³/mol. The van der Waals surface area contributed by atoms with Crippen LogP contribution in [0.1, 0.15) is 80.1 Å². The molecule has 0 radical (unpaired) electrons. The highest BCUT2D eigenvalue weighted by Crippen LogP contribution is 2.48. The first-order chi connectivity index (χ1) is 9.16. The summed E-state index contributed by atoms with van der Waals surface area (Å²) < 4.78 is 0. The van der Waals surface area contributed by atoms with E-state index in [4.69, 9.17) is 0 Å². The maximum absolute atomic E-state index is 3.52. The summed E-state index contributed by atoms with van der Waals surface area (Å²) in [4.78, 5) is 0. The van der Waals surface area contributed by atoms with Gasteiger partial charge in [0.2, 0.25) is 0 Å². The highest BCUT2D eigenvalue weighted by molar-refractivity contribution is 9.09. The SMILES string of the molecule is CC(C)(C)C1=C[C@H](C(C)(C)C)C[C@@H]1CCCCCCBr. The second-order valence-electron chi connectivity index (χ2n) is 8.67. The van der Waals surface area contributed by atoms with Crippen molar-refractivity contribution in [1.82, 2.24) is 0 Å². The number of allylic oxidation sites excluding steroid dienone is 2. The average Bonchev–Trinajstić information content (AvgIpc) is 2.72. The van der Waals surface area contributed by atoms with Gasteiger partial charge in [-0.05, 0) is 41.9 Å². The predicted octanol–water partition coefficient (Wildman–Crippen LogP) is 6.99. The summed E-state index contributed by atoms with van der Waals surface area (Å²) in [5, 5.41) is 1.16. The molecule has 1 aliphatic rings. The smallest absolute Gasteiger partial charge is 0.00313 e. The molecule has 20 heavy (non-hydrogen) atoms. The van der Waals surface area contributed by atoms with Crippen LogP contribution in [0.4, 0.5) is 0 Å². The Morgan fingerprint density at radius 2 is 1.60 bits per heavy atom. The van der Waals surface area contributed by atoms with Crippen LogP contribution in [-0.4, -0.2) is 5.33 Å². The van der Waals surface area contributed by atoms with Gasteiger partial charge in [-0.25, -0.2) is 0 Å². The van der Waals surface area contributed by atoms with Crippen molar-refractivity contribution in [2.75, 3.05) is 5.33 Å². The number of halogens is 1. The van der Waals surface area contributed by atoms with Crippen molar-refractivity contribution in [2.24, 2.45) is 22.7 Å². The zero-order valence-electron chi connectivity index (χ0n) is 14.6. The minimum Gasteiger partial charge on any atom is -0.0928 e. The van der Waals surface area contributed by atoms with Gasteiger partial charge in [0.1, 0.15) is 0 Å². The van der Waals surface area contributed by atoms with Crippen molar-refractivity contribution < 1.29 is 0 Å². The lowest BCUT2D eigenvalue weighted by Crippen LogP contribution is -2.18. The molecule has 0 aromatic heterocycles. The molecule has 1 aliphatic carbocycles. The average molecular weight is 343 g/mol. The van der Waals surface area contributed by atoms with E-state index in [-0.39, 0.29) is 0 Å². The van der Waals surface area contributed by atoms with Gasteiger partial charge in [0, 0.05) is 5.33 Å². The lowest BCUT2D eigenvalue weighted by atomic mass is 9.77. The molecule has 0 amide bonds. The van der Waals surface area contributed by atoms with E-state index in [0.29, 0.717) is 10.8 Å². The largest absolute Gasteiger partial charge is 0.0928 e. The van der Waals surface area contributed by atoms with E-state index in [1.807, 2.05) is 0 Å². The van der Waals surface area contributed by atoms with Gasteiger partial charge in [0.05, 0.1) is 0 Å². The van der Waals surface area contributed by atoms with Crippen LogP contribution in [0.2, 0.25) is 0 Å². The fourth-order valence-electron chi connectivity index (χ4n) is 3.43. The molecule has 1 heteroatoms. The van der Waals surface area contributed by atoms with Crippen LogP contribution >= 0.6 is 15.9 Å². The summed E-state index contributed by atoms with van der Waals surface area (Å²) in [6.45, 7) is 14.4.